The van der Waals surface area contributed by atoms with Gasteiger partial charge in [0.25, 0.3) is 0 Å². The average molecular weight is 1040 g/mol. The third-order valence-electron chi connectivity index (χ3n) is 12.3. The summed E-state index contributed by atoms with van der Waals surface area (Å²) in [5.74, 6) is 3.26. The van der Waals surface area contributed by atoms with Crippen LogP contribution in [0, 0.1) is 35.6 Å². The Morgan fingerprint density at radius 1 is 0.382 bits per heavy atom. The lowest BCUT2D eigenvalue weighted by Crippen LogP contribution is -2.17. The molecule has 0 saturated heterocycles. The quantitative estimate of drug-likeness (QED) is 0.101. The molecule has 2 aromatic heterocycles. The summed E-state index contributed by atoms with van der Waals surface area (Å²) >= 11 is 0. The van der Waals surface area contributed by atoms with Crippen molar-refractivity contribution >= 4 is 0 Å². The molecule has 0 amide bonds. The van der Waals surface area contributed by atoms with Crippen molar-refractivity contribution in [2.24, 2.45) is 23.7 Å². The highest BCUT2D eigenvalue weighted by molar-refractivity contribution is 5.30. The van der Waals surface area contributed by atoms with Crippen molar-refractivity contribution < 1.29 is 27.7 Å². The highest BCUT2D eigenvalue weighted by Gasteiger charge is 2.16. The largest absolute Gasteiger partial charge is 0.466 e. The van der Waals surface area contributed by atoms with Gasteiger partial charge in [0.1, 0.15) is 48.1 Å². The van der Waals surface area contributed by atoms with Gasteiger partial charge in [0.2, 0.25) is 11.9 Å². The van der Waals surface area contributed by atoms with Crippen LogP contribution in [-0.2, 0) is 44.6 Å². The minimum atomic E-state index is -0.481. The van der Waals surface area contributed by atoms with Crippen LogP contribution >= 0.6 is 0 Å². The molecule has 10 nitrogen and oxygen atoms in total. The van der Waals surface area contributed by atoms with Crippen LogP contribution in [-0.4, -0.2) is 57.8 Å². The third kappa shape index (κ3) is 21.3. The van der Waals surface area contributed by atoms with Crippen LogP contribution in [0.5, 0.6) is 0 Å². The molecule has 5 rings (SSSR count). The second kappa shape index (κ2) is 29.9. The monoisotopic (exact) mass is 1040 g/mol. The summed E-state index contributed by atoms with van der Waals surface area (Å²) in [5, 5.41) is 0. The zero-order valence-corrected chi connectivity index (χ0v) is 47.7. The zero-order valence-electron chi connectivity index (χ0n) is 47.7. The molecule has 0 radical (unpaired) electrons. The van der Waals surface area contributed by atoms with Crippen LogP contribution in [0.1, 0.15) is 129 Å². The number of allylic oxidation sites excluding steroid dienone is 8. The maximum Gasteiger partial charge on any atom is 0.213 e. The maximum atomic E-state index is 13.9. The number of aromatic nitrogens is 2. The molecule has 0 N–H and O–H groups in total. The van der Waals surface area contributed by atoms with E-state index in [1.165, 1.54) is 12.1 Å². The van der Waals surface area contributed by atoms with Crippen molar-refractivity contribution in [2.75, 3.05) is 28.2 Å². The number of pyridine rings is 2. The summed E-state index contributed by atoms with van der Waals surface area (Å²) in [4.78, 5) is 16.4. The lowest BCUT2D eigenvalue weighted by molar-refractivity contribution is 0.287. The predicted octanol–water partition coefficient (Wildman–Crippen LogP) is 15.5. The third-order valence-corrected chi connectivity index (χ3v) is 12.3. The molecule has 0 atom stereocenters. The van der Waals surface area contributed by atoms with Crippen LogP contribution in [0.3, 0.4) is 0 Å². The Balaban J connectivity index is 1.57. The van der Waals surface area contributed by atoms with Crippen molar-refractivity contribution in [3.8, 4) is 0 Å². The summed E-state index contributed by atoms with van der Waals surface area (Å²) < 4.78 is 54.3. The Morgan fingerprint density at radius 3 is 0.947 bits per heavy atom. The summed E-state index contributed by atoms with van der Waals surface area (Å²) in [6, 6.07) is 26.4. The lowest BCUT2D eigenvalue weighted by Gasteiger charge is -2.25. The smallest absolute Gasteiger partial charge is 0.213 e. The maximum absolute atomic E-state index is 13.9. The van der Waals surface area contributed by atoms with E-state index in [9.17, 15) is 8.78 Å². The molecule has 4 aromatic rings. The normalized spacial score (nSPS) is 15.1. The van der Waals surface area contributed by atoms with E-state index in [1.807, 2.05) is 104 Å². The minimum Gasteiger partial charge on any atom is -0.466 e. The summed E-state index contributed by atoms with van der Waals surface area (Å²) in [6.45, 7) is 21.5. The van der Waals surface area contributed by atoms with Crippen molar-refractivity contribution in [2.45, 2.75) is 121 Å². The highest BCUT2D eigenvalue weighted by Crippen LogP contribution is 2.26. The number of benzene rings is 2. The molecule has 3 heterocycles. The van der Waals surface area contributed by atoms with Crippen molar-refractivity contribution in [3.05, 3.63) is 226 Å². The Labute approximate surface area is 454 Å². The molecule has 1 aliphatic heterocycles. The molecule has 408 valence electrons. The fourth-order valence-corrected chi connectivity index (χ4v) is 8.46. The van der Waals surface area contributed by atoms with E-state index >= 15 is 0 Å². The van der Waals surface area contributed by atoms with Gasteiger partial charge >= 0.3 is 0 Å². The topological polar surface area (TPSA) is 75.7 Å². The number of rotatable bonds is 16. The molecule has 0 fully saturated rings. The second-order valence-electron chi connectivity index (χ2n) is 21.7. The molecule has 1 aliphatic rings. The van der Waals surface area contributed by atoms with Gasteiger partial charge in [-0.25, -0.2) is 9.97 Å². The Bertz CT molecular complexity index is 2530. The highest BCUT2D eigenvalue weighted by atomic mass is 19.1. The van der Waals surface area contributed by atoms with Gasteiger partial charge in [-0.1, -0.05) is 116 Å². The molecule has 0 unspecified atom stereocenters. The number of hydrogen-bond acceptors (Lipinski definition) is 10. The van der Waals surface area contributed by atoms with Gasteiger partial charge in [-0.3, -0.25) is 0 Å². The van der Waals surface area contributed by atoms with Gasteiger partial charge in [0, 0.05) is 90.1 Å². The molecular weight excluding hydrogens is 955 g/mol. The molecule has 2 aromatic carbocycles. The molecule has 0 aliphatic carbocycles. The first-order valence-electron chi connectivity index (χ1n) is 26.7. The predicted molar refractivity (Wildman–Crippen MR) is 304 cm³/mol. The van der Waals surface area contributed by atoms with Gasteiger partial charge in [-0.05, 0) is 110 Å². The molecule has 0 spiro atoms. The van der Waals surface area contributed by atoms with Crippen molar-refractivity contribution in [1.29, 1.82) is 0 Å². The Kier molecular flexibility index (Phi) is 23.5. The van der Waals surface area contributed by atoms with Crippen LogP contribution in [0.4, 0.5) is 8.78 Å². The zero-order chi connectivity index (χ0) is 55.3. The van der Waals surface area contributed by atoms with E-state index in [2.05, 4.69) is 133 Å². The standard InChI is InChI=1S/C64H84F2N6O4/c1-45(2)29-57-41-73-49(9)37-69(11)60(32-48(7)8)44-76-62(36-54-27-23-52(24-28-54)34-56-18-16-20-64(66)68-56)40-72(14)58(30-46(3)4)42-74-50(10)38-70(12)59(31-47(5)6)43-75-61(39-71(57)13)35-53-25-21-51(22-26-53)33-55-17-15-19-63(65)67-55/h15-28,37-48H,29-36H2,1-14H3. The van der Waals surface area contributed by atoms with E-state index in [1.54, 1.807) is 12.1 Å². The van der Waals surface area contributed by atoms with Crippen LogP contribution in [0.15, 0.2) is 181 Å². The molecule has 0 saturated carbocycles. The lowest BCUT2D eigenvalue weighted by atomic mass is 10.0. The average Bonchev–Trinajstić information content (AvgIpc) is 3.34. The first kappa shape index (κ1) is 59.8. The van der Waals surface area contributed by atoms with E-state index < -0.39 is 11.9 Å². The molecule has 0 bridgehead atoms. The second-order valence-corrected chi connectivity index (χ2v) is 21.7. The Morgan fingerprint density at radius 2 is 0.658 bits per heavy atom. The Hall–Kier alpha value is -7.08. The summed E-state index contributed by atoms with van der Waals surface area (Å²) in [5.41, 5.74) is 9.45. The van der Waals surface area contributed by atoms with Crippen LogP contribution < -0.4 is 0 Å². The summed E-state index contributed by atoms with van der Waals surface area (Å²) in [7, 11) is 8.10. The summed E-state index contributed by atoms with van der Waals surface area (Å²) in [6.07, 6.45) is 20.6. The molecule has 76 heavy (non-hydrogen) atoms. The molecule has 12 heteroatoms. The van der Waals surface area contributed by atoms with Crippen molar-refractivity contribution in [3.63, 3.8) is 0 Å². The van der Waals surface area contributed by atoms with E-state index in [4.69, 9.17) is 18.9 Å². The van der Waals surface area contributed by atoms with Crippen molar-refractivity contribution in [1.82, 2.24) is 29.6 Å². The van der Waals surface area contributed by atoms with Gasteiger partial charge in [0.05, 0.1) is 22.8 Å². The number of halogens is 2. The van der Waals surface area contributed by atoms with E-state index in [0.717, 1.165) is 82.2 Å². The first-order valence-corrected chi connectivity index (χ1v) is 26.7. The van der Waals surface area contributed by atoms with Gasteiger partial charge in [-0.15, -0.1) is 0 Å². The van der Waals surface area contributed by atoms with Gasteiger partial charge in [0.15, 0.2) is 0 Å². The van der Waals surface area contributed by atoms with E-state index in [0.29, 0.717) is 72.3 Å². The SMILES string of the molecule is CC1=CN(C)C(CC(C)C)=COC(Cc2ccc(Cc3cccc(F)n3)cc2)=CN(C)C(CC(C)C)=COC(C)=CN(C)C(CC(C)C)=COC(Cc2ccc(Cc3cccc(F)n3)cc2)=CN(C)C(CC(C)C)=CO1. The minimum absolute atomic E-state index is 0.336. The van der Waals surface area contributed by atoms with Gasteiger partial charge < -0.3 is 38.5 Å². The first-order chi connectivity index (χ1) is 36.2. The van der Waals surface area contributed by atoms with E-state index in [-0.39, 0.29) is 0 Å². The number of ether oxygens (including phenoxy) is 4. The van der Waals surface area contributed by atoms with Crippen LogP contribution in [0.25, 0.3) is 0 Å². The van der Waals surface area contributed by atoms with Crippen LogP contribution in [0.2, 0.25) is 0 Å². The fourth-order valence-electron chi connectivity index (χ4n) is 8.46. The number of hydrogen-bond donors (Lipinski definition) is 0. The molecular formula is C64H84F2N6O4. The number of nitrogens with zero attached hydrogens (tertiary/aromatic N) is 6. The van der Waals surface area contributed by atoms with Gasteiger partial charge in [-0.2, -0.15) is 8.78 Å². The fraction of sp³-hybridized carbons (Fsp3) is 0.406.